The minimum atomic E-state index is -0.440. The third-order valence-electron chi connectivity index (χ3n) is 9.93. The molecule has 1 fully saturated rings. The van der Waals surface area contributed by atoms with Gasteiger partial charge in [0.15, 0.2) is 5.82 Å². The van der Waals surface area contributed by atoms with Gasteiger partial charge >= 0.3 is 7.12 Å². The van der Waals surface area contributed by atoms with Crippen LogP contribution < -0.4 is 5.46 Å². The first-order valence-electron chi connectivity index (χ1n) is 16.8. The lowest BCUT2D eigenvalue weighted by Gasteiger charge is -2.32. The molecule has 1 saturated heterocycles. The quantitative estimate of drug-likeness (QED) is 0.171. The summed E-state index contributed by atoms with van der Waals surface area (Å²) in [5.74, 6) is 0.687. The van der Waals surface area contributed by atoms with Crippen LogP contribution in [0.25, 0.3) is 66.9 Å². The summed E-state index contributed by atoms with van der Waals surface area (Å²) in [5.41, 5.74) is 9.51. The Kier molecular flexibility index (Phi) is 7.75. The number of nitrogens with zero attached hydrogens (tertiary/aromatic N) is 2. The Balaban J connectivity index is 1.27. The normalized spacial score (nSPS) is 15.1. The predicted molar refractivity (Wildman–Crippen MR) is 202 cm³/mol. The number of fused-ring (bicyclic) bond motifs is 1. The summed E-state index contributed by atoms with van der Waals surface area (Å²) in [5, 5.41) is 2.37. The Labute approximate surface area is 288 Å². The molecule has 0 radical (unpaired) electrons. The first-order valence-corrected chi connectivity index (χ1v) is 16.8. The molecule has 0 saturated carbocycles. The molecule has 0 atom stereocenters. The van der Waals surface area contributed by atoms with Crippen LogP contribution in [0.1, 0.15) is 27.7 Å². The molecule has 0 aliphatic carbocycles. The molecule has 49 heavy (non-hydrogen) atoms. The second kappa shape index (κ2) is 12.3. The molecule has 0 amide bonds. The highest BCUT2D eigenvalue weighted by molar-refractivity contribution is 6.62. The monoisotopic (exact) mass is 636 g/mol. The highest BCUT2D eigenvalue weighted by Crippen LogP contribution is 2.41. The van der Waals surface area contributed by atoms with E-state index in [9.17, 15) is 0 Å². The van der Waals surface area contributed by atoms with Gasteiger partial charge in [-0.1, -0.05) is 140 Å². The van der Waals surface area contributed by atoms with Crippen molar-refractivity contribution in [3.05, 3.63) is 152 Å². The van der Waals surface area contributed by atoms with Crippen molar-refractivity contribution < 1.29 is 9.31 Å². The van der Waals surface area contributed by atoms with Crippen LogP contribution in [0.3, 0.4) is 0 Å². The average molecular weight is 637 g/mol. The van der Waals surface area contributed by atoms with Gasteiger partial charge in [0.05, 0.1) is 22.6 Å². The summed E-state index contributed by atoms with van der Waals surface area (Å²) in [4.78, 5) is 10.2. The summed E-state index contributed by atoms with van der Waals surface area (Å²) < 4.78 is 12.9. The van der Waals surface area contributed by atoms with Crippen LogP contribution in [0.5, 0.6) is 0 Å². The fourth-order valence-electron chi connectivity index (χ4n) is 6.56. The molecule has 0 N–H and O–H groups in total. The highest BCUT2D eigenvalue weighted by atomic mass is 16.7. The summed E-state index contributed by atoms with van der Waals surface area (Å²) in [6.45, 7) is 8.36. The Morgan fingerprint density at radius 3 is 1.69 bits per heavy atom. The molecule has 238 valence electrons. The van der Waals surface area contributed by atoms with Crippen molar-refractivity contribution in [2.24, 2.45) is 0 Å². The highest BCUT2D eigenvalue weighted by Gasteiger charge is 2.51. The molecule has 0 bridgehead atoms. The molecule has 5 heteroatoms. The van der Waals surface area contributed by atoms with Crippen LogP contribution in [0.4, 0.5) is 0 Å². The van der Waals surface area contributed by atoms with Gasteiger partial charge in [-0.25, -0.2) is 9.97 Å². The first kappa shape index (κ1) is 30.9. The van der Waals surface area contributed by atoms with Crippen molar-refractivity contribution in [2.45, 2.75) is 38.9 Å². The topological polar surface area (TPSA) is 44.2 Å². The van der Waals surface area contributed by atoms with Crippen LogP contribution >= 0.6 is 0 Å². The average Bonchev–Trinajstić information content (AvgIpc) is 3.37. The van der Waals surface area contributed by atoms with E-state index < -0.39 is 18.3 Å². The molecule has 1 aliphatic rings. The molecule has 7 aromatic rings. The van der Waals surface area contributed by atoms with Gasteiger partial charge in [0.2, 0.25) is 0 Å². The molecule has 8 rings (SSSR count). The van der Waals surface area contributed by atoms with E-state index >= 15 is 0 Å². The molecule has 0 spiro atoms. The molecular formula is C44H37BN2O2. The van der Waals surface area contributed by atoms with E-state index in [4.69, 9.17) is 19.3 Å². The number of hydrogen-bond donors (Lipinski definition) is 0. The van der Waals surface area contributed by atoms with Gasteiger partial charge in [-0.05, 0) is 78.3 Å². The largest absolute Gasteiger partial charge is 0.494 e. The lowest BCUT2D eigenvalue weighted by Crippen LogP contribution is -2.41. The van der Waals surface area contributed by atoms with Gasteiger partial charge in [-0.3, -0.25) is 0 Å². The van der Waals surface area contributed by atoms with Crippen LogP contribution in [-0.2, 0) is 9.31 Å². The standard InChI is InChI=1S/C44H37BN2O2/c1-43(2)44(3,4)49-45(48-43)36-23-14-20-33(28-36)38-26-25-30-15-11-12-24-37(30)41(38)34-21-13-22-35(27-34)42-46-39(31-16-7-5-8-17-31)29-40(47-42)32-18-9-6-10-19-32/h5-29H,1-4H3. The van der Waals surface area contributed by atoms with Crippen molar-refractivity contribution in [1.29, 1.82) is 0 Å². The maximum atomic E-state index is 6.44. The molecule has 4 nitrogen and oxygen atoms in total. The van der Waals surface area contributed by atoms with E-state index in [1.54, 1.807) is 0 Å². The van der Waals surface area contributed by atoms with E-state index in [0.717, 1.165) is 55.8 Å². The van der Waals surface area contributed by atoms with Crippen LogP contribution in [0, 0.1) is 0 Å². The number of benzene rings is 6. The SMILES string of the molecule is CC1(C)OB(c2cccc(-c3ccc4ccccc4c3-c3cccc(-c4nc(-c5ccccc5)cc(-c5ccccc5)n4)c3)c2)OC1(C)C. The second-order valence-corrected chi connectivity index (χ2v) is 13.7. The summed E-state index contributed by atoms with van der Waals surface area (Å²) in [6.07, 6.45) is 0. The van der Waals surface area contributed by atoms with Crippen molar-refractivity contribution in [1.82, 2.24) is 9.97 Å². The number of rotatable bonds is 6. The molecule has 0 unspecified atom stereocenters. The lowest BCUT2D eigenvalue weighted by molar-refractivity contribution is 0.00578. The van der Waals surface area contributed by atoms with E-state index in [2.05, 4.69) is 143 Å². The molecule has 6 aromatic carbocycles. The van der Waals surface area contributed by atoms with Crippen LogP contribution in [0.2, 0.25) is 0 Å². The second-order valence-electron chi connectivity index (χ2n) is 13.7. The third kappa shape index (κ3) is 5.86. The maximum Gasteiger partial charge on any atom is 0.494 e. The zero-order valence-electron chi connectivity index (χ0n) is 28.2. The van der Waals surface area contributed by atoms with Gasteiger partial charge in [0.25, 0.3) is 0 Å². The molecular weight excluding hydrogens is 599 g/mol. The fourth-order valence-corrected chi connectivity index (χ4v) is 6.56. The predicted octanol–water partition coefficient (Wildman–Crippen LogP) is 10.3. The lowest BCUT2D eigenvalue weighted by atomic mass is 9.77. The zero-order valence-corrected chi connectivity index (χ0v) is 28.2. The van der Waals surface area contributed by atoms with Gasteiger partial charge in [0, 0.05) is 16.7 Å². The van der Waals surface area contributed by atoms with Crippen molar-refractivity contribution in [3.8, 4) is 56.2 Å². The Hall–Kier alpha value is -5.36. The van der Waals surface area contributed by atoms with Gasteiger partial charge in [0.1, 0.15) is 0 Å². The Bertz CT molecular complexity index is 2230. The van der Waals surface area contributed by atoms with Crippen LogP contribution in [-0.4, -0.2) is 28.3 Å². The van der Waals surface area contributed by atoms with Crippen molar-refractivity contribution in [2.75, 3.05) is 0 Å². The van der Waals surface area contributed by atoms with Crippen molar-refractivity contribution in [3.63, 3.8) is 0 Å². The minimum absolute atomic E-state index is 0.414. The Morgan fingerprint density at radius 2 is 1.02 bits per heavy atom. The van der Waals surface area contributed by atoms with Crippen molar-refractivity contribution >= 4 is 23.4 Å². The minimum Gasteiger partial charge on any atom is -0.399 e. The van der Waals surface area contributed by atoms with E-state index in [-0.39, 0.29) is 0 Å². The molecule has 1 aliphatic heterocycles. The summed E-state index contributed by atoms with van der Waals surface area (Å²) >= 11 is 0. The fraction of sp³-hybridized carbons (Fsp3) is 0.136. The first-order chi connectivity index (χ1) is 23.8. The zero-order chi connectivity index (χ0) is 33.6. The summed E-state index contributed by atoms with van der Waals surface area (Å²) in [6, 6.07) is 52.9. The van der Waals surface area contributed by atoms with Gasteiger partial charge in [-0.15, -0.1) is 0 Å². The van der Waals surface area contributed by atoms with E-state index in [0.29, 0.717) is 5.82 Å². The van der Waals surface area contributed by atoms with E-state index in [1.165, 1.54) is 10.8 Å². The number of hydrogen-bond acceptors (Lipinski definition) is 4. The molecule has 1 aromatic heterocycles. The van der Waals surface area contributed by atoms with E-state index in [1.807, 2.05) is 36.4 Å². The third-order valence-corrected chi connectivity index (χ3v) is 9.93. The number of aromatic nitrogens is 2. The molecule has 2 heterocycles. The smallest absolute Gasteiger partial charge is 0.399 e. The van der Waals surface area contributed by atoms with Gasteiger partial charge < -0.3 is 9.31 Å². The van der Waals surface area contributed by atoms with Gasteiger partial charge in [-0.2, -0.15) is 0 Å². The summed E-state index contributed by atoms with van der Waals surface area (Å²) in [7, 11) is -0.440. The maximum absolute atomic E-state index is 6.44. The van der Waals surface area contributed by atoms with Crippen LogP contribution in [0.15, 0.2) is 152 Å². The Morgan fingerprint density at radius 1 is 0.469 bits per heavy atom.